The van der Waals surface area contributed by atoms with E-state index in [0.29, 0.717) is 5.56 Å². The molecule has 112 valence electrons. The molecule has 0 radical (unpaired) electrons. The number of aromatic amines is 2. The third-order valence-corrected chi connectivity index (χ3v) is 4.14. The van der Waals surface area contributed by atoms with E-state index in [1.165, 1.54) is 0 Å². The highest BCUT2D eigenvalue weighted by molar-refractivity contribution is 5.80. The molecule has 1 unspecified atom stereocenters. The molecule has 22 heavy (non-hydrogen) atoms. The fourth-order valence-corrected chi connectivity index (χ4v) is 3.01. The lowest BCUT2D eigenvalue weighted by Crippen LogP contribution is -2.34. The van der Waals surface area contributed by atoms with Crippen LogP contribution in [0, 0.1) is 0 Å². The largest absolute Gasteiger partial charge is 0.497 e. The van der Waals surface area contributed by atoms with E-state index in [4.69, 9.17) is 4.74 Å². The zero-order chi connectivity index (χ0) is 15.1. The van der Waals surface area contributed by atoms with Crippen molar-refractivity contribution in [2.75, 3.05) is 13.7 Å². The minimum absolute atomic E-state index is 0.103. The van der Waals surface area contributed by atoms with Gasteiger partial charge in [-0.05, 0) is 23.6 Å². The van der Waals surface area contributed by atoms with E-state index in [1.807, 2.05) is 24.3 Å². The predicted octanol–water partition coefficient (Wildman–Crippen LogP) is 1.49. The normalized spacial score (nSPS) is 17.4. The van der Waals surface area contributed by atoms with Crippen LogP contribution in [0.2, 0.25) is 0 Å². The molecule has 0 bridgehead atoms. The van der Waals surface area contributed by atoms with Gasteiger partial charge in [0, 0.05) is 30.3 Å². The van der Waals surface area contributed by atoms with Gasteiger partial charge in [-0.25, -0.2) is 4.98 Å². The Morgan fingerprint density at radius 2 is 2.23 bits per heavy atom. The summed E-state index contributed by atoms with van der Waals surface area (Å²) in [6.45, 7) is 0.819. The Hall–Kier alpha value is -2.60. The summed E-state index contributed by atoms with van der Waals surface area (Å²) in [5.74, 6) is 0.723. The lowest BCUT2D eigenvalue weighted by Gasteiger charge is -2.22. The summed E-state index contributed by atoms with van der Waals surface area (Å²) in [7, 11) is 1.61. The second-order valence-corrected chi connectivity index (χ2v) is 5.41. The Bertz CT molecular complexity index is 897. The SMILES string of the molecule is COc1ccc2cc(C3NCCc4[nH]cnc43)c(=O)[nH]c2c1. The third-order valence-electron chi connectivity index (χ3n) is 4.14. The number of benzene rings is 1. The molecule has 0 spiro atoms. The highest BCUT2D eigenvalue weighted by Gasteiger charge is 2.26. The molecule has 0 saturated heterocycles. The number of nitrogens with zero attached hydrogens (tertiary/aromatic N) is 1. The van der Waals surface area contributed by atoms with Crippen LogP contribution in [0.5, 0.6) is 5.75 Å². The number of imidazole rings is 1. The van der Waals surface area contributed by atoms with Crippen molar-refractivity contribution in [3.8, 4) is 5.75 Å². The number of fused-ring (bicyclic) bond motifs is 2. The molecule has 1 atom stereocenters. The Morgan fingerprint density at radius 1 is 1.32 bits per heavy atom. The molecule has 1 aliphatic heterocycles. The van der Waals surface area contributed by atoms with Gasteiger partial charge < -0.3 is 20.0 Å². The first kappa shape index (κ1) is 13.1. The molecule has 3 aromatic rings. The fourth-order valence-electron chi connectivity index (χ4n) is 3.01. The van der Waals surface area contributed by atoms with E-state index in [9.17, 15) is 4.79 Å². The maximum absolute atomic E-state index is 12.5. The molecule has 3 N–H and O–H groups in total. The number of nitrogens with one attached hydrogen (secondary N) is 3. The number of hydrogen-bond donors (Lipinski definition) is 3. The van der Waals surface area contributed by atoms with Crippen LogP contribution < -0.4 is 15.6 Å². The quantitative estimate of drug-likeness (QED) is 0.669. The number of H-pyrrole nitrogens is 2. The molecule has 4 rings (SSSR count). The monoisotopic (exact) mass is 296 g/mol. The van der Waals surface area contributed by atoms with Crippen molar-refractivity contribution >= 4 is 10.9 Å². The number of ether oxygens (including phenoxy) is 1. The van der Waals surface area contributed by atoms with Gasteiger partial charge in [0.2, 0.25) is 0 Å². The van der Waals surface area contributed by atoms with Gasteiger partial charge >= 0.3 is 0 Å². The Kier molecular flexibility index (Phi) is 2.97. The van der Waals surface area contributed by atoms with Crippen molar-refractivity contribution in [2.45, 2.75) is 12.5 Å². The molecule has 3 heterocycles. The van der Waals surface area contributed by atoms with Gasteiger partial charge in [0.05, 0.1) is 30.7 Å². The first-order chi connectivity index (χ1) is 10.8. The zero-order valence-corrected chi connectivity index (χ0v) is 12.1. The maximum atomic E-state index is 12.5. The number of pyridine rings is 1. The van der Waals surface area contributed by atoms with Gasteiger partial charge in [-0.3, -0.25) is 4.79 Å². The summed E-state index contributed by atoms with van der Waals surface area (Å²) in [4.78, 5) is 23.0. The molecule has 6 nitrogen and oxygen atoms in total. The highest BCUT2D eigenvalue weighted by atomic mass is 16.5. The van der Waals surface area contributed by atoms with Crippen LogP contribution in [0.4, 0.5) is 0 Å². The predicted molar refractivity (Wildman–Crippen MR) is 83.3 cm³/mol. The summed E-state index contributed by atoms with van der Waals surface area (Å²) >= 11 is 0. The molecule has 0 saturated carbocycles. The van der Waals surface area contributed by atoms with E-state index in [-0.39, 0.29) is 11.6 Å². The average Bonchev–Trinajstić information content (AvgIpc) is 3.02. The van der Waals surface area contributed by atoms with Gasteiger partial charge in [0.15, 0.2) is 0 Å². The summed E-state index contributed by atoms with van der Waals surface area (Å²) in [5, 5.41) is 4.35. The number of rotatable bonds is 2. The van der Waals surface area contributed by atoms with Crippen molar-refractivity contribution in [2.24, 2.45) is 0 Å². The summed E-state index contributed by atoms with van der Waals surface area (Å²) < 4.78 is 5.20. The van der Waals surface area contributed by atoms with Crippen molar-refractivity contribution in [1.29, 1.82) is 0 Å². The van der Waals surface area contributed by atoms with E-state index in [2.05, 4.69) is 20.3 Å². The lowest BCUT2D eigenvalue weighted by atomic mass is 9.98. The van der Waals surface area contributed by atoms with Gasteiger partial charge in [0.1, 0.15) is 5.75 Å². The van der Waals surface area contributed by atoms with Gasteiger partial charge in [-0.1, -0.05) is 0 Å². The molecule has 0 amide bonds. The van der Waals surface area contributed by atoms with Crippen LogP contribution in [0.1, 0.15) is 23.0 Å². The molecule has 1 aliphatic rings. The molecular formula is C16H16N4O2. The van der Waals surface area contributed by atoms with E-state index >= 15 is 0 Å². The van der Waals surface area contributed by atoms with Gasteiger partial charge in [-0.15, -0.1) is 0 Å². The molecule has 0 fully saturated rings. The molecular weight excluding hydrogens is 280 g/mol. The molecule has 6 heteroatoms. The standard InChI is InChI=1S/C16H16N4O2/c1-22-10-3-2-9-6-11(16(21)20-13(9)7-10)14-15-12(4-5-17-14)18-8-19-15/h2-3,6-8,14,17H,4-5H2,1H3,(H,18,19)(H,20,21). The van der Waals surface area contributed by atoms with Crippen LogP contribution >= 0.6 is 0 Å². The Balaban J connectivity index is 1.87. The average molecular weight is 296 g/mol. The molecule has 0 aliphatic carbocycles. The second-order valence-electron chi connectivity index (χ2n) is 5.41. The Morgan fingerprint density at radius 3 is 3.09 bits per heavy atom. The molecule has 2 aromatic heterocycles. The van der Waals surface area contributed by atoms with E-state index < -0.39 is 0 Å². The van der Waals surface area contributed by atoms with Crippen LogP contribution in [-0.4, -0.2) is 28.6 Å². The maximum Gasteiger partial charge on any atom is 0.253 e. The van der Waals surface area contributed by atoms with Crippen molar-refractivity contribution in [1.82, 2.24) is 20.3 Å². The minimum atomic E-state index is -0.176. The summed E-state index contributed by atoms with van der Waals surface area (Å²) in [6, 6.07) is 7.41. The van der Waals surface area contributed by atoms with Crippen LogP contribution in [-0.2, 0) is 6.42 Å². The molecule has 1 aromatic carbocycles. The van der Waals surface area contributed by atoms with Crippen LogP contribution in [0.25, 0.3) is 10.9 Å². The van der Waals surface area contributed by atoms with E-state index in [0.717, 1.165) is 41.0 Å². The van der Waals surface area contributed by atoms with E-state index in [1.54, 1.807) is 13.4 Å². The fraction of sp³-hybridized carbons (Fsp3) is 0.250. The summed E-state index contributed by atoms with van der Waals surface area (Å²) in [6.07, 6.45) is 2.58. The van der Waals surface area contributed by atoms with Crippen molar-refractivity contribution < 1.29 is 4.74 Å². The van der Waals surface area contributed by atoms with Crippen molar-refractivity contribution in [3.63, 3.8) is 0 Å². The van der Waals surface area contributed by atoms with Crippen LogP contribution in [0.3, 0.4) is 0 Å². The first-order valence-electron chi connectivity index (χ1n) is 7.23. The smallest absolute Gasteiger partial charge is 0.253 e. The van der Waals surface area contributed by atoms with Crippen LogP contribution in [0.15, 0.2) is 35.4 Å². The van der Waals surface area contributed by atoms with Gasteiger partial charge in [-0.2, -0.15) is 0 Å². The zero-order valence-electron chi connectivity index (χ0n) is 12.1. The highest BCUT2D eigenvalue weighted by Crippen LogP contribution is 2.26. The first-order valence-corrected chi connectivity index (χ1v) is 7.23. The second kappa shape index (κ2) is 4.99. The van der Waals surface area contributed by atoms with Gasteiger partial charge in [0.25, 0.3) is 5.56 Å². The number of aromatic nitrogens is 3. The third kappa shape index (κ3) is 2.00. The summed E-state index contributed by atoms with van der Waals surface area (Å²) in [5.41, 5.74) is 3.36. The minimum Gasteiger partial charge on any atom is -0.497 e. The number of hydrogen-bond acceptors (Lipinski definition) is 4. The van der Waals surface area contributed by atoms with Crippen molar-refractivity contribution in [3.05, 3.63) is 57.9 Å². The number of methoxy groups -OCH3 is 1. The Labute approximate surface area is 126 Å². The lowest BCUT2D eigenvalue weighted by molar-refractivity contribution is 0.415. The topological polar surface area (TPSA) is 82.8 Å².